The molecule has 0 N–H and O–H groups in total. The molecule has 0 fully saturated rings. The van der Waals surface area contributed by atoms with Gasteiger partial charge in [-0.3, -0.25) is 4.40 Å². The summed E-state index contributed by atoms with van der Waals surface area (Å²) in [6.07, 6.45) is 1.35. The van der Waals surface area contributed by atoms with Gasteiger partial charge in [-0.15, -0.1) is 10.2 Å². The van der Waals surface area contributed by atoms with Gasteiger partial charge in [-0.1, -0.05) is 12.1 Å². The first kappa shape index (κ1) is 12.9. The van der Waals surface area contributed by atoms with Crippen molar-refractivity contribution in [3.63, 3.8) is 0 Å². The Hall–Kier alpha value is -2.08. The third-order valence-electron chi connectivity index (χ3n) is 2.83. The molecule has 0 aliphatic rings. The summed E-state index contributed by atoms with van der Waals surface area (Å²) < 4.78 is 15.8. The van der Waals surface area contributed by atoms with Gasteiger partial charge in [0, 0.05) is 10.7 Å². The van der Waals surface area contributed by atoms with Crippen LogP contribution >= 0.6 is 15.9 Å². The van der Waals surface area contributed by atoms with E-state index in [1.165, 1.54) is 12.3 Å². The van der Waals surface area contributed by atoms with E-state index in [1.54, 1.807) is 10.5 Å². The molecule has 20 heavy (non-hydrogen) atoms. The minimum atomic E-state index is -0.341. The van der Waals surface area contributed by atoms with E-state index in [9.17, 15) is 4.39 Å². The van der Waals surface area contributed by atoms with E-state index in [1.807, 2.05) is 31.2 Å². The Labute approximate surface area is 123 Å². The van der Waals surface area contributed by atoms with Gasteiger partial charge in [0.05, 0.1) is 11.4 Å². The molecule has 0 spiro atoms. The molecule has 0 bridgehead atoms. The van der Waals surface area contributed by atoms with Crippen LogP contribution in [0.2, 0.25) is 0 Å². The molecule has 1 aromatic carbocycles. The Kier molecular flexibility index (Phi) is 3.31. The number of aromatic nitrogens is 2. The van der Waals surface area contributed by atoms with Crippen molar-refractivity contribution in [1.29, 1.82) is 0 Å². The maximum Gasteiger partial charge on any atom is 0.182 e. The summed E-state index contributed by atoms with van der Waals surface area (Å²) in [6, 6.07) is 10.5. The van der Waals surface area contributed by atoms with Crippen molar-refractivity contribution < 1.29 is 4.39 Å². The summed E-state index contributed by atoms with van der Waals surface area (Å²) in [5.41, 5.74) is 2.05. The van der Waals surface area contributed by atoms with Crippen molar-refractivity contribution in [3.8, 4) is 0 Å². The van der Waals surface area contributed by atoms with E-state index >= 15 is 0 Å². The first-order valence-electron chi connectivity index (χ1n) is 5.95. The van der Waals surface area contributed by atoms with E-state index < -0.39 is 0 Å². The molecule has 100 valence electrons. The summed E-state index contributed by atoms with van der Waals surface area (Å²) >= 11 is 3.40. The van der Waals surface area contributed by atoms with Gasteiger partial charge in [-0.2, -0.15) is 0 Å². The molecule has 0 radical (unpaired) electrons. The van der Waals surface area contributed by atoms with E-state index in [0.29, 0.717) is 22.8 Å². The van der Waals surface area contributed by atoms with Crippen molar-refractivity contribution in [3.05, 3.63) is 58.6 Å². The zero-order valence-corrected chi connectivity index (χ0v) is 12.2. The van der Waals surface area contributed by atoms with E-state index in [-0.39, 0.29) is 5.82 Å². The number of pyridine rings is 1. The number of aryl methyl sites for hydroxylation is 1. The molecule has 2 heterocycles. The van der Waals surface area contributed by atoms with E-state index in [0.717, 1.165) is 4.47 Å². The average molecular weight is 333 g/mol. The molecule has 0 atom stereocenters. The lowest BCUT2D eigenvalue weighted by Gasteiger charge is -1.98. The van der Waals surface area contributed by atoms with Gasteiger partial charge in [0.1, 0.15) is 11.5 Å². The number of hydrogen-bond donors (Lipinski definition) is 0. The molecule has 2 aromatic heterocycles. The van der Waals surface area contributed by atoms with Crippen LogP contribution in [0.25, 0.3) is 5.65 Å². The fraction of sp³-hybridized carbons (Fsp3) is 0.0714. The van der Waals surface area contributed by atoms with Gasteiger partial charge < -0.3 is 0 Å². The Bertz CT molecular complexity index is 810. The molecular weight excluding hydrogens is 323 g/mol. The first-order chi connectivity index (χ1) is 9.65. The molecule has 6 heteroatoms. The smallest absolute Gasteiger partial charge is 0.182 e. The van der Waals surface area contributed by atoms with Gasteiger partial charge in [-0.25, -0.2) is 9.37 Å². The molecule has 0 saturated heterocycles. The fourth-order valence-electron chi connectivity index (χ4n) is 1.88. The zero-order valence-electron chi connectivity index (χ0n) is 10.6. The normalized spacial score (nSPS) is 11.6. The molecule has 0 unspecified atom stereocenters. The van der Waals surface area contributed by atoms with Crippen LogP contribution in [0.5, 0.6) is 0 Å². The molecule has 4 nitrogen and oxygen atoms in total. The molecule has 0 aliphatic carbocycles. The minimum absolute atomic E-state index is 0.341. The van der Waals surface area contributed by atoms with Crippen LogP contribution in [0.4, 0.5) is 15.9 Å². The monoisotopic (exact) mass is 332 g/mol. The van der Waals surface area contributed by atoms with Crippen molar-refractivity contribution in [2.24, 2.45) is 10.2 Å². The number of nitrogens with zero attached hydrogens (tertiary/aromatic N) is 4. The maximum atomic E-state index is 13.3. The molecule has 0 aliphatic heterocycles. The van der Waals surface area contributed by atoms with E-state index in [2.05, 4.69) is 31.1 Å². The summed E-state index contributed by atoms with van der Waals surface area (Å²) in [4.78, 5) is 4.32. The number of rotatable bonds is 2. The van der Waals surface area contributed by atoms with Crippen LogP contribution in [-0.2, 0) is 0 Å². The number of benzene rings is 1. The second-order valence-corrected chi connectivity index (χ2v) is 5.10. The summed E-state index contributed by atoms with van der Waals surface area (Å²) in [6.45, 7) is 1.82. The van der Waals surface area contributed by atoms with Crippen LogP contribution in [-0.4, -0.2) is 9.38 Å². The standard InChI is InChI=1S/C14H10BrFN4/c1-9-14(19-18-12-5-3-2-4-11(12)15)20-8-10(16)6-7-13(20)17-9/h2-8H,1H3. The third kappa shape index (κ3) is 2.34. The largest absolute Gasteiger partial charge is 0.280 e. The highest BCUT2D eigenvalue weighted by Crippen LogP contribution is 2.28. The van der Waals surface area contributed by atoms with Crippen LogP contribution in [0.15, 0.2) is 57.3 Å². The Morgan fingerprint density at radius 1 is 1.15 bits per heavy atom. The first-order valence-corrected chi connectivity index (χ1v) is 6.75. The van der Waals surface area contributed by atoms with Gasteiger partial charge in [-0.05, 0) is 47.1 Å². The quantitative estimate of drug-likeness (QED) is 0.611. The lowest BCUT2D eigenvalue weighted by Crippen LogP contribution is -1.85. The molecule has 3 rings (SSSR count). The van der Waals surface area contributed by atoms with Crippen LogP contribution < -0.4 is 0 Å². The summed E-state index contributed by atoms with van der Waals surface area (Å²) in [5.74, 6) is 0.183. The molecule has 0 amide bonds. The average Bonchev–Trinajstić information content (AvgIpc) is 2.73. The number of fused-ring (bicyclic) bond motifs is 1. The predicted octanol–water partition coefficient (Wildman–Crippen LogP) is 4.96. The number of hydrogen-bond acceptors (Lipinski definition) is 3. The maximum absolute atomic E-state index is 13.3. The SMILES string of the molecule is Cc1nc2ccc(F)cn2c1N=Nc1ccccc1Br. The third-order valence-corrected chi connectivity index (χ3v) is 3.50. The van der Waals surface area contributed by atoms with Gasteiger partial charge >= 0.3 is 0 Å². The highest BCUT2D eigenvalue weighted by atomic mass is 79.9. The summed E-state index contributed by atoms with van der Waals surface area (Å²) in [7, 11) is 0. The Morgan fingerprint density at radius 3 is 2.75 bits per heavy atom. The fourth-order valence-corrected chi connectivity index (χ4v) is 2.24. The molecule has 3 aromatic rings. The van der Waals surface area contributed by atoms with Crippen molar-refractivity contribution in [2.45, 2.75) is 6.92 Å². The van der Waals surface area contributed by atoms with Gasteiger partial charge in [0.15, 0.2) is 5.82 Å². The Balaban J connectivity index is 2.09. The van der Waals surface area contributed by atoms with Gasteiger partial charge in [0.2, 0.25) is 0 Å². The second kappa shape index (κ2) is 5.13. The topological polar surface area (TPSA) is 42.0 Å². The number of imidazole rings is 1. The van der Waals surface area contributed by atoms with Crippen LogP contribution in [0.3, 0.4) is 0 Å². The second-order valence-electron chi connectivity index (χ2n) is 4.25. The highest BCUT2D eigenvalue weighted by Gasteiger charge is 2.08. The number of halogens is 2. The number of azo groups is 1. The lowest BCUT2D eigenvalue weighted by atomic mass is 10.3. The van der Waals surface area contributed by atoms with E-state index in [4.69, 9.17) is 0 Å². The van der Waals surface area contributed by atoms with Crippen molar-refractivity contribution >= 4 is 33.1 Å². The predicted molar refractivity (Wildman–Crippen MR) is 78.2 cm³/mol. The Morgan fingerprint density at radius 2 is 1.95 bits per heavy atom. The van der Waals surface area contributed by atoms with Crippen molar-refractivity contribution in [1.82, 2.24) is 9.38 Å². The highest BCUT2D eigenvalue weighted by molar-refractivity contribution is 9.10. The van der Waals surface area contributed by atoms with Crippen LogP contribution in [0, 0.1) is 12.7 Å². The van der Waals surface area contributed by atoms with Crippen LogP contribution in [0.1, 0.15) is 5.69 Å². The summed E-state index contributed by atoms with van der Waals surface area (Å²) in [5, 5.41) is 8.38. The van der Waals surface area contributed by atoms with Crippen molar-refractivity contribution in [2.75, 3.05) is 0 Å². The zero-order chi connectivity index (χ0) is 14.1. The molecule has 0 saturated carbocycles. The lowest BCUT2D eigenvalue weighted by molar-refractivity contribution is 0.619. The minimum Gasteiger partial charge on any atom is -0.280 e. The molecular formula is C14H10BrFN4. The van der Waals surface area contributed by atoms with Gasteiger partial charge in [0.25, 0.3) is 0 Å².